The summed E-state index contributed by atoms with van der Waals surface area (Å²) < 4.78 is 36.4. The molecule has 0 saturated carbocycles. The zero-order valence-corrected chi connectivity index (χ0v) is 13.7. The number of unbranched alkanes of at least 4 members (excludes halogenated alkanes) is 3. The highest BCUT2D eigenvalue weighted by Gasteiger charge is 2.21. The second-order valence-corrected chi connectivity index (χ2v) is 7.39. The molecule has 0 aliphatic rings. The molecule has 1 N–H and O–H groups in total. The highest BCUT2D eigenvalue weighted by molar-refractivity contribution is 8.13. The van der Waals surface area contributed by atoms with Crippen LogP contribution in [-0.2, 0) is 9.05 Å². The van der Waals surface area contributed by atoms with Crippen LogP contribution in [0.3, 0.4) is 0 Å². The fourth-order valence-corrected chi connectivity index (χ4v) is 2.88. The average Bonchev–Trinajstić information content (AvgIpc) is 2.39. The van der Waals surface area contributed by atoms with E-state index in [4.69, 9.17) is 10.7 Å². The van der Waals surface area contributed by atoms with Gasteiger partial charge in [-0.15, -0.1) is 0 Å². The molecule has 0 heterocycles. The van der Waals surface area contributed by atoms with Crippen LogP contribution < -0.4 is 5.32 Å². The monoisotopic (exact) mass is 335 g/mol. The lowest BCUT2D eigenvalue weighted by Gasteiger charge is -2.08. The van der Waals surface area contributed by atoms with E-state index < -0.39 is 25.7 Å². The Hall–Kier alpha value is -1.14. The average molecular weight is 336 g/mol. The molecule has 21 heavy (non-hydrogen) atoms. The molecule has 0 aliphatic heterocycles. The molecule has 4 nitrogen and oxygen atoms in total. The molecule has 1 rings (SSSR count). The third-order valence-electron chi connectivity index (χ3n) is 3.06. The van der Waals surface area contributed by atoms with Crippen molar-refractivity contribution in [1.29, 1.82) is 0 Å². The molecule has 0 fully saturated rings. The number of halogens is 2. The van der Waals surface area contributed by atoms with E-state index >= 15 is 0 Å². The summed E-state index contributed by atoms with van der Waals surface area (Å²) in [7, 11) is 0.947. The van der Waals surface area contributed by atoms with Crippen LogP contribution in [-0.4, -0.2) is 20.9 Å². The Morgan fingerprint density at radius 1 is 1.29 bits per heavy atom. The maximum atomic E-state index is 13.7. The Bertz CT molecular complexity index is 617. The molecule has 1 aromatic rings. The number of hydrogen-bond donors (Lipinski definition) is 1. The molecule has 0 radical (unpaired) electrons. The van der Waals surface area contributed by atoms with E-state index in [0.29, 0.717) is 6.54 Å². The standard InChI is InChI=1S/C14H19ClFNO3S/c1-3-4-5-6-7-17-14(18)11-8-10(2)13(16)12(9-11)21(15,19)20/h8-9H,3-7H2,1-2H3,(H,17,18). The minimum absolute atomic E-state index is 0.0628. The van der Waals surface area contributed by atoms with E-state index in [-0.39, 0.29) is 11.1 Å². The van der Waals surface area contributed by atoms with Gasteiger partial charge in [0.2, 0.25) is 0 Å². The van der Waals surface area contributed by atoms with Crippen LogP contribution in [0.5, 0.6) is 0 Å². The van der Waals surface area contributed by atoms with Gasteiger partial charge in [-0.2, -0.15) is 0 Å². The lowest BCUT2D eigenvalue weighted by molar-refractivity contribution is 0.0952. The van der Waals surface area contributed by atoms with E-state index in [2.05, 4.69) is 12.2 Å². The van der Waals surface area contributed by atoms with Gasteiger partial charge in [0.15, 0.2) is 0 Å². The van der Waals surface area contributed by atoms with Crippen molar-refractivity contribution in [2.24, 2.45) is 0 Å². The van der Waals surface area contributed by atoms with Gasteiger partial charge in [0, 0.05) is 22.8 Å². The van der Waals surface area contributed by atoms with E-state index in [9.17, 15) is 17.6 Å². The first-order chi connectivity index (χ1) is 9.77. The normalized spacial score (nSPS) is 11.4. The van der Waals surface area contributed by atoms with Gasteiger partial charge >= 0.3 is 0 Å². The van der Waals surface area contributed by atoms with Crippen molar-refractivity contribution in [2.45, 2.75) is 44.4 Å². The molecule has 1 aromatic carbocycles. The van der Waals surface area contributed by atoms with Crippen molar-refractivity contribution in [3.63, 3.8) is 0 Å². The van der Waals surface area contributed by atoms with Crippen molar-refractivity contribution in [3.8, 4) is 0 Å². The zero-order chi connectivity index (χ0) is 16.0. The highest BCUT2D eigenvalue weighted by atomic mass is 35.7. The first kappa shape index (κ1) is 17.9. The molecule has 0 bridgehead atoms. The van der Waals surface area contributed by atoms with E-state index in [1.54, 1.807) is 0 Å². The number of carbonyl (C=O) groups excluding carboxylic acids is 1. The molecule has 1 amide bonds. The fraction of sp³-hybridized carbons (Fsp3) is 0.500. The van der Waals surface area contributed by atoms with Gasteiger partial charge in [-0.05, 0) is 31.0 Å². The van der Waals surface area contributed by atoms with E-state index in [0.717, 1.165) is 31.7 Å². The van der Waals surface area contributed by atoms with Gasteiger partial charge in [-0.3, -0.25) is 4.79 Å². The van der Waals surface area contributed by atoms with Gasteiger partial charge in [-0.25, -0.2) is 12.8 Å². The highest BCUT2D eigenvalue weighted by Crippen LogP contribution is 2.23. The van der Waals surface area contributed by atoms with Crippen LogP contribution in [0, 0.1) is 12.7 Å². The summed E-state index contributed by atoms with van der Waals surface area (Å²) in [5, 5.41) is 2.68. The minimum Gasteiger partial charge on any atom is -0.352 e. The van der Waals surface area contributed by atoms with Gasteiger partial charge in [-0.1, -0.05) is 26.2 Å². The summed E-state index contributed by atoms with van der Waals surface area (Å²) in [6.45, 7) is 3.98. The quantitative estimate of drug-likeness (QED) is 0.613. The largest absolute Gasteiger partial charge is 0.352 e. The first-order valence-electron chi connectivity index (χ1n) is 6.80. The predicted molar refractivity (Wildman–Crippen MR) is 80.7 cm³/mol. The van der Waals surface area contributed by atoms with Crippen molar-refractivity contribution in [2.75, 3.05) is 6.54 Å². The molecule has 0 atom stereocenters. The lowest BCUT2D eigenvalue weighted by atomic mass is 10.1. The summed E-state index contributed by atoms with van der Waals surface area (Å²) >= 11 is 0. The Morgan fingerprint density at radius 3 is 2.52 bits per heavy atom. The van der Waals surface area contributed by atoms with Crippen LogP contribution in [0.4, 0.5) is 4.39 Å². The summed E-state index contributed by atoms with van der Waals surface area (Å²) in [5.41, 5.74) is 0.150. The second kappa shape index (κ2) is 7.75. The molecule has 0 spiro atoms. The van der Waals surface area contributed by atoms with Crippen molar-refractivity contribution in [1.82, 2.24) is 5.32 Å². The van der Waals surface area contributed by atoms with Gasteiger partial charge in [0.05, 0.1) is 0 Å². The van der Waals surface area contributed by atoms with Crippen LogP contribution in [0.2, 0.25) is 0 Å². The molecule has 7 heteroatoms. The molecule has 0 aliphatic carbocycles. The maximum absolute atomic E-state index is 13.7. The third kappa shape index (κ3) is 5.28. The van der Waals surface area contributed by atoms with Crippen LogP contribution in [0.15, 0.2) is 17.0 Å². The summed E-state index contributed by atoms with van der Waals surface area (Å²) in [5.74, 6) is -1.36. The molecular formula is C14H19ClFNO3S. The zero-order valence-electron chi connectivity index (χ0n) is 12.1. The predicted octanol–water partition coefficient (Wildman–Crippen LogP) is 3.37. The first-order valence-corrected chi connectivity index (χ1v) is 9.11. The van der Waals surface area contributed by atoms with E-state index in [1.807, 2.05) is 0 Å². The Kier molecular flexibility index (Phi) is 6.61. The Labute approximate surface area is 129 Å². The second-order valence-electron chi connectivity index (χ2n) is 4.86. The van der Waals surface area contributed by atoms with Crippen LogP contribution in [0.25, 0.3) is 0 Å². The number of hydrogen-bond acceptors (Lipinski definition) is 3. The number of nitrogens with one attached hydrogen (secondary N) is 1. The Balaban J connectivity index is 2.84. The van der Waals surface area contributed by atoms with Crippen LogP contribution >= 0.6 is 10.7 Å². The summed E-state index contributed by atoms with van der Waals surface area (Å²) in [6.07, 6.45) is 4.06. The van der Waals surface area contributed by atoms with Crippen molar-refractivity contribution < 1.29 is 17.6 Å². The lowest BCUT2D eigenvalue weighted by Crippen LogP contribution is -2.25. The SMILES string of the molecule is CCCCCCNC(=O)c1cc(C)c(F)c(S(=O)(=O)Cl)c1. The number of aryl methyl sites for hydroxylation is 1. The van der Waals surface area contributed by atoms with Gasteiger partial charge in [0.1, 0.15) is 10.7 Å². The smallest absolute Gasteiger partial charge is 0.264 e. The number of rotatable bonds is 7. The molecular weight excluding hydrogens is 317 g/mol. The third-order valence-corrected chi connectivity index (χ3v) is 4.38. The van der Waals surface area contributed by atoms with Gasteiger partial charge in [0.25, 0.3) is 15.0 Å². The van der Waals surface area contributed by atoms with Crippen molar-refractivity contribution in [3.05, 3.63) is 29.1 Å². The molecule has 0 unspecified atom stereocenters. The Morgan fingerprint density at radius 2 is 1.95 bits per heavy atom. The molecule has 118 valence electrons. The van der Waals surface area contributed by atoms with E-state index in [1.165, 1.54) is 13.0 Å². The maximum Gasteiger partial charge on any atom is 0.264 e. The minimum atomic E-state index is -4.23. The fourth-order valence-electron chi connectivity index (χ4n) is 1.90. The number of benzene rings is 1. The molecule has 0 aromatic heterocycles. The summed E-state index contributed by atoms with van der Waals surface area (Å²) in [6, 6.07) is 2.27. The number of amides is 1. The van der Waals surface area contributed by atoms with Crippen molar-refractivity contribution >= 4 is 25.6 Å². The summed E-state index contributed by atoms with van der Waals surface area (Å²) in [4.78, 5) is 11.3. The van der Waals surface area contributed by atoms with Crippen LogP contribution in [0.1, 0.15) is 48.5 Å². The topological polar surface area (TPSA) is 63.2 Å². The van der Waals surface area contributed by atoms with Gasteiger partial charge < -0.3 is 5.32 Å². The number of carbonyl (C=O) groups is 1. The molecule has 0 saturated heterocycles.